The summed E-state index contributed by atoms with van der Waals surface area (Å²) in [5.41, 5.74) is 2.34. The van der Waals surface area contributed by atoms with E-state index >= 15 is 0 Å². The van der Waals surface area contributed by atoms with Crippen molar-refractivity contribution >= 4 is 5.78 Å². The number of aliphatic hydroxyl groups is 5. The van der Waals surface area contributed by atoms with Crippen LogP contribution in [0.25, 0.3) is 0 Å². The molecule has 2 heterocycles. The van der Waals surface area contributed by atoms with Crippen LogP contribution in [0.4, 0.5) is 0 Å². The van der Waals surface area contributed by atoms with Crippen LogP contribution in [0.3, 0.4) is 0 Å². The minimum absolute atomic E-state index is 0.0235. The second kappa shape index (κ2) is 11.8. The van der Waals surface area contributed by atoms with Crippen molar-refractivity contribution in [1.82, 2.24) is 5.32 Å². The van der Waals surface area contributed by atoms with Crippen LogP contribution in [0.5, 0.6) is 0 Å². The van der Waals surface area contributed by atoms with Crippen LogP contribution in [0.15, 0.2) is 11.1 Å². The average Bonchev–Trinajstić information content (AvgIpc) is 3.83. The van der Waals surface area contributed by atoms with Crippen molar-refractivity contribution in [3.8, 4) is 0 Å². The lowest BCUT2D eigenvalue weighted by Crippen LogP contribution is -2.65. The van der Waals surface area contributed by atoms with Crippen molar-refractivity contribution in [2.45, 2.75) is 166 Å². The van der Waals surface area contributed by atoms with Gasteiger partial charge in [0.2, 0.25) is 0 Å². The lowest BCUT2D eigenvalue weighted by molar-refractivity contribution is -0.168. The lowest BCUT2D eigenvalue weighted by Gasteiger charge is -2.63. The molecule has 3 saturated carbocycles. The zero-order valence-corrected chi connectivity index (χ0v) is 30.1. The molecule has 0 aromatic carbocycles. The van der Waals surface area contributed by atoms with E-state index in [0.29, 0.717) is 50.9 Å². The minimum Gasteiger partial charge on any atom is -0.396 e. The molecule has 7 rings (SSSR count). The Labute approximate surface area is 287 Å². The van der Waals surface area contributed by atoms with E-state index in [-0.39, 0.29) is 47.6 Å². The summed E-state index contributed by atoms with van der Waals surface area (Å²) in [6.07, 6.45) is 8.48. The molecule has 9 heteroatoms. The summed E-state index contributed by atoms with van der Waals surface area (Å²) in [4.78, 5) is 14.2. The van der Waals surface area contributed by atoms with Gasteiger partial charge in [0.05, 0.1) is 35.7 Å². The van der Waals surface area contributed by atoms with E-state index in [1.807, 2.05) is 6.92 Å². The fourth-order valence-corrected chi connectivity index (χ4v) is 12.9. The average molecular weight is 673 g/mol. The molecule has 15 unspecified atom stereocenters. The Hall–Kier alpha value is -0.910. The van der Waals surface area contributed by atoms with Crippen LogP contribution in [0.1, 0.15) is 125 Å². The number of carbonyl (C=O) groups is 1. The van der Waals surface area contributed by atoms with Crippen LogP contribution < -0.4 is 11.1 Å². The number of piperidine rings is 1. The number of allylic oxidation sites excluding steroid dienone is 1. The largest absolute Gasteiger partial charge is 0.396 e. The first kappa shape index (κ1) is 35.5. The summed E-state index contributed by atoms with van der Waals surface area (Å²) in [5.74, 6) is 0.143. The summed E-state index contributed by atoms with van der Waals surface area (Å²) < 4.78 is 6.41. The van der Waals surface area contributed by atoms with Gasteiger partial charge >= 0.3 is 0 Å². The van der Waals surface area contributed by atoms with Gasteiger partial charge in [0.15, 0.2) is 5.78 Å². The maximum Gasteiger partial charge on any atom is 0.162 e. The monoisotopic (exact) mass is 672 g/mol. The van der Waals surface area contributed by atoms with Crippen molar-refractivity contribution in [2.24, 2.45) is 51.6 Å². The van der Waals surface area contributed by atoms with Crippen LogP contribution in [-0.2, 0) is 9.53 Å². The number of nitrogens with two attached hydrogens (primary N) is 1. The Morgan fingerprint density at radius 1 is 1.00 bits per heavy atom. The van der Waals surface area contributed by atoms with Crippen molar-refractivity contribution in [3.63, 3.8) is 0 Å². The van der Waals surface area contributed by atoms with E-state index < -0.39 is 45.9 Å². The Morgan fingerprint density at radius 3 is 2.44 bits per heavy atom. The van der Waals surface area contributed by atoms with Crippen LogP contribution in [0, 0.1) is 45.8 Å². The number of nitrogens with one attached hydrogen (secondary N) is 1. The number of Topliss-reactive ketones (excluding diaryl/α,β-unsaturated/α-hetero) is 1. The van der Waals surface area contributed by atoms with Gasteiger partial charge in [-0.05, 0) is 137 Å². The minimum atomic E-state index is -1.38. The van der Waals surface area contributed by atoms with Crippen LogP contribution in [-0.4, -0.2) is 85.7 Å². The molecule has 0 amide bonds. The molecule has 9 nitrogen and oxygen atoms in total. The number of ketones is 1. The Bertz CT molecular complexity index is 1320. The zero-order valence-electron chi connectivity index (χ0n) is 30.1. The quantitative estimate of drug-likeness (QED) is 0.171. The van der Waals surface area contributed by atoms with Crippen LogP contribution in [0.2, 0.25) is 0 Å². The van der Waals surface area contributed by atoms with Crippen LogP contribution >= 0.6 is 0 Å². The number of epoxide rings is 1. The second-order valence-electron chi connectivity index (χ2n) is 18.6. The molecule has 7 aliphatic rings. The normalized spacial score (nSPS) is 49.0. The fraction of sp³-hybridized carbons (Fsp3) is 0.923. The second-order valence-corrected chi connectivity index (χ2v) is 18.6. The maximum absolute atomic E-state index is 14.2. The molecule has 272 valence electrons. The van der Waals surface area contributed by atoms with E-state index in [2.05, 4.69) is 26.1 Å². The van der Waals surface area contributed by atoms with Gasteiger partial charge in [-0.1, -0.05) is 34.1 Å². The first-order valence-electron chi connectivity index (χ1n) is 19.4. The predicted octanol–water partition coefficient (Wildman–Crippen LogP) is 3.72. The third-order valence-corrected chi connectivity index (χ3v) is 16.3. The molecule has 5 fully saturated rings. The number of fused-ring (bicyclic) bond motifs is 2. The molecule has 5 aliphatic carbocycles. The molecular formula is C39H64N2O7. The number of ether oxygens (including phenoxy) is 1. The van der Waals surface area contributed by atoms with E-state index in [4.69, 9.17) is 10.5 Å². The molecule has 48 heavy (non-hydrogen) atoms. The highest BCUT2D eigenvalue weighted by Gasteiger charge is 2.77. The van der Waals surface area contributed by atoms with Gasteiger partial charge in [-0.15, -0.1) is 0 Å². The van der Waals surface area contributed by atoms with Gasteiger partial charge in [0.25, 0.3) is 0 Å². The predicted molar refractivity (Wildman–Crippen MR) is 182 cm³/mol. The molecule has 0 aromatic heterocycles. The maximum atomic E-state index is 14.2. The lowest BCUT2D eigenvalue weighted by atomic mass is 9.42. The Morgan fingerprint density at radius 2 is 1.75 bits per heavy atom. The molecule has 2 aliphatic heterocycles. The Balaban J connectivity index is 1.18. The van der Waals surface area contributed by atoms with Gasteiger partial charge < -0.3 is 41.3 Å². The summed E-state index contributed by atoms with van der Waals surface area (Å²) in [6.45, 7) is 10.8. The molecule has 15 atom stereocenters. The highest BCUT2D eigenvalue weighted by atomic mass is 16.6. The molecule has 8 N–H and O–H groups in total. The number of hydrogen-bond donors (Lipinski definition) is 7. The highest BCUT2D eigenvalue weighted by Crippen LogP contribution is 2.74. The Kier molecular flexibility index (Phi) is 8.73. The number of carbonyl (C=O) groups excluding carboxylic acids is 1. The van der Waals surface area contributed by atoms with Gasteiger partial charge in [0.1, 0.15) is 12.2 Å². The summed E-state index contributed by atoms with van der Waals surface area (Å²) >= 11 is 0. The molecule has 2 saturated heterocycles. The summed E-state index contributed by atoms with van der Waals surface area (Å²) in [7, 11) is 0. The van der Waals surface area contributed by atoms with Crippen molar-refractivity contribution in [3.05, 3.63) is 11.1 Å². The first-order valence-corrected chi connectivity index (χ1v) is 19.4. The van der Waals surface area contributed by atoms with Gasteiger partial charge in [-0.3, -0.25) is 4.79 Å². The molecule has 0 spiro atoms. The standard InChI is InChI=1S/C39H64N2O7/c1-6-13-38(46,33-32(48-33)37(5,45)34(2,21-42)14-9-22-12-17-41-29(40)18-22)28-19-23-7-8-25-30-26(11-16-36(28,4)39(23,30)47)35(3)15-10-24(43)20-27(35)31(25)44/h22-24,26-29,32-33,41-43,45-47H,6-21,40H2,1-5H3. The van der Waals surface area contributed by atoms with Gasteiger partial charge in [-0.25, -0.2) is 0 Å². The smallest absolute Gasteiger partial charge is 0.162 e. The number of aliphatic hydroxyl groups excluding tert-OH is 2. The topological polar surface area (TPSA) is 169 Å². The fourth-order valence-electron chi connectivity index (χ4n) is 12.9. The van der Waals surface area contributed by atoms with Gasteiger partial charge in [0, 0.05) is 16.7 Å². The molecule has 0 radical (unpaired) electrons. The molecule has 0 bridgehead atoms. The zero-order chi connectivity index (χ0) is 34.7. The third-order valence-electron chi connectivity index (χ3n) is 16.3. The van der Waals surface area contributed by atoms with E-state index in [9.17, 15) is 30.3 Å². The van der Waals surface area contributed by atoms with Crippen molar-refractivity contribution < 1.29 is 35.1 Å². The van der Waals surface area contributed by atoms with E-state index in [0.717, 1.165) is 62.6 Å². The van der Waals surface area contributed by atoms with E-state index in [1.165, 1.54) is 0 Å². The molecular weight excluding hydrogens is 608 g/mol. The summed E-state index contributed by atoms with van der Waals surface area (Å²) in [6, 6.07) is 0. The van der Waals surface area contributed by atoms with E-state index in [1.54, 1.807) is 6.92 Å². The summed E-state index contributed by atoms with van der Waals surface area (Å²) in [5, 5.41) is 63.1. The number of hydrogen-bond acceptors (Lipinski definition) is 9. The SMILES string of the molecule is CCCC(O)(C1OC1C(C)(O)C(C)(CO)CCC1CCNC(N)C1)C1CC2CCC3=C4C(CCC1(C)C42O)C1(C)CCC(O)CC1C3=O. The highest BCUT2D eigenvalue weighted by molar-refractivity contribution is 6.00. The first-order chi connectivity index (χ1) is 22.5. The third kappa shape index (κ3) is 4.80. The number of rotatable bonds is 10. The molecule has 0 aromatic rings. The van der Waals surface area contributed by atoms with Gasteiger partial charge in [-0.2, -0.15) is 0 Å². The van der Waals surface area contributed by atoms with Crippen molar-refractivity contribution in [2.75, 3.05) is 13.2 Å². The van der Waals surface area contributed by atoms with Crippen molar-refractivity contribution in [1.29, 1.82) is 0 Å².